The Balaban J connectivity index is 2.10. The van der Waals surface area contributed by atoms with Gasteiger partial charge in [-0.25, -0.2) is 9.97 Å². The van der Waals surface area contributed by atoms with Crippen molar-refractivity contribution in [2.75, 3.05) is 18.1 Å². The maximum absolute atomic E-state index is 4.57. The van der Waals surface area contributed by atoms with E-state index in [-0.39, 0.29) is 0 Å². The average Bonchev–Trinajstić information content (AvgIpc) is 2.82. The van der Waals surface area contributed by atoms with Crippen LogP contribution >= 0.6 is 23.5 Å². The quantitative estimate of drug-likeness (QED) is 0.501. The Labute approximate surface area is 112 Å². The minimum absolute atomic E-state index is 0.758. The highest BCUT2D eigenvalue weighted by molar-refractivity contribution is 8.00. The van der Waals surface area contributed by atoms with Crippen LogP contribution in [0, 0.1) is 0 Å². The van der Waals surface area contributed by atoms with Crippen molar-refractivity contribution in [2.24, 2.45) is 0 Å². The van der Waals surface area contributed by atoms with E-state index in [0.717, 1.165) is 27.8 Å². The minimum atomic E-state index is 0.758. The molecule has 1 fully saturated rings. The zero-order chi connectivity index (χ0) is 12.1. The molecule has 0 amide bonds. The van der Waals surface area contributed by atoms with E-state index in [1.54, 1.807) is 11.8 Å². The number of hydrogen-bond acceptors (Lipinski definition) is 5. The summed E-state index contributed by atoms with van der Waals surface area (Å²) < 4.78 is 0. The van der Waals surface area contributed by atoms with E-state index in [0.29, 0.717) is 0 Å². The lowest BCUT2D eigenvalue weighted by Gasteiger charge is -2.10. The van der Waals surface area contributed by atoms with Gasteiger partial charge in [0.2, 0.25) is 0 Å². The lowest BCUT2D eigenvalue weighted by molar-refractivity contribution is 0.868. The van der Waals surface area contributed by atoms with Crippen LogP contribution in [0.15, 0.2) is 16.2 Å². The molecule has 2 rings (SSSR count). The molecule has 0 spiro atoms. The van der Waals surface area contributed by atoms with Crippen molar-refractivity contribution in [3.63, 3.8) is 0 Å². The summed E-state index contributed by atoms with van der Waals surface area (Å²) in [6.07, 6.45) is 7.44. The third-order valence-corrected chi connectivity index (χ3v) is 4.62. The molecule has 5 heteroatoms. The Morgan fingerprint density at radius 2 is 2.12 bits per heavy atom. The van der Waals surface area contributed by atoms with Gasteiger partial charge in [0.25, 0.3) is 0 Å². The largest absolute Gasteiger partial charge is 0.370 e. The van der Waals surface area contributed by atoms with Crippen LogP contribution < -0.4 is 5.32 Å². The van der Waals surface area contributed by atoms with E-state index in [9.17, 15) is 0 Å². The maximum Gasteiger partial charge on any atom is 0.190 e. The van der Waals surface area contributed by atoms with Gasteiger partial charge in [-0.05, 0) is 26.0 Å². The Morgan fingerprint density at radius 3 is 2.76 bits per heavy atom. The molecule has 0 saturated heterocycles. The lowest BCUT2D eigenvalue weighted by Crippen LogP contribution is -2.03. The van der Waals surface area contributed by atoms with Gasteiger partial charge in [-0.3, -0.25) is 0 Å². The first-order valence-electron chi connectivity index (χ1n) is 6.15. The summed E-state index contributed by atoms with van der Waals surface area (Å²) in [6, 6.07) is 2.08. The summed E-state index contributed by atoms with van der Waals surface area (Å²) in [6.45, 7) is 2.99. The van der Waals surface area contributed by atoms with E-state index < -0.39 is 0 Å². The topological polar surface area (TPSA) is 37.8 Å². The fourth-order valence-corrected chi connectivity index (χ4v) is 3.67. The van der Waals surface area contributed by atoms with E-state index in [2.05, 4.69) is 28.3 Å². The van der Waals surface area contributed by atoms with Crippen LogP contribution in [0.2, 0.25) is 0 Å². The number of rotatable bonds is 5. The Hall–Kier alpha value is -0.420. The van der Waals surface area contributed by atoms with Gasteiger partial charge in [0, 0.05) is 17.9 Å². The second-order valence-corrected chi connectivity index (χ2v) is 6.23. The zero-order valence-electron chi connectivity index (χ0n) is 10.4. The molecule has 1 N–H and O–H groups in total. The highest BCUT2D eigenvalue weighted by Crippen LogP contribution is 2.34. The molecule has 17 heavy (non-hydrogen) atoms. The molecule has 1 aromatic heterocycles. The normalized spacial score (nSPS) is 16.4. The van der Waals surface area contributed by atoms with Gasteiger partial charge < -0.3 is 5.32 Å². The molecule has 0 bridgehead atoms. The molecule has 3 nitrogen and oxygen atoms in total. The predicted octanol–water partition coefficient (Wildman–Crippen LogP) is 3.67. The van der Waals surface area contributed by atoms with Crippen molar-refractivity contribution in [3.8, 4) is 0 Å². The van der Waals surface area contributed by atoms with Crippen molar-refractivity contribution in [1.29, 1.82) is 0 Å². The Bertz CT molecular complexity index is 365. The monoisotopic (exact) mass is 269 g/mol. The molecular formula is C12H19N3S2. The summed E-state index contributed by atoms with van der Waals surface area (Å²) >= 11 is 3.52. The predicted molar refractivity (Wildman–Crippen MR) is 76.1 cm³/mol. The SMILES string of the molecule is CCNc1cc(SC2CCCC2)nc(SC)n1. The zero-order valence-corrected chi connectivity index (χ0v) is 12.0. The second-order valence-electron chi connectivity index (χ2n) is 4.13. The summed E-state index contributed by atoms with van der Waals surface area (Å²) in [5, 5.41) is 6.01. The van der Waals surface area contributed by atoms with Crippen LogP contribution in [-0.4, -0.2) is 28.0 Å². The maximum atomic E-state index is 4.57. The number of hydrogen-bond donors (Lipinski definition) is 1. The van der Waals surface area contributed by atoms with E-state index in [4.69, 9.17) is 0 Å². The van der Waals surface area contributed by atoms with Crippen molar-refractivity contribution in [3.05, 3.63) is 6.07 Å². The van der Waals surface area contributed by atoms with Crippen LogP contribution in [0.3, 0.4) is 0 Å². The number of nitrogens with one attached hydrogen (secondary N) is 1. The Kier molecular flexibility index (Phi) is 4.98. The first-order chi connectivity index (χ1) is 8.31. The van der Waals surface area contributed by atoms with Gasteiger partial charge in [-0.15, -0.1) is 11.8 Å². The van der Waals surface area contributed by atoms with Gasteiger partial charge in [0.1, 0.15) is 10.8 Å². The molecule has 1 aliphatic rings. The van der Waals surface area contributed by atoms with Crippen LogP contribution in [0.1, 0.15) is 32.6 Å². The Morgan fingerprint density at radius 1 is 1.35 bits per heavy atom. The molecule has 0 atom stereocenters. The van der Waals surface area contributed by atoms with Crippen LogP contribution in [0.25, 0.3) is 0 Å². The number of nitrogens with zero attached hydrogens (tertiary/aromatic N) is 2. The smallest absolute Gasteiger partial charge is 0.190 e. The minimum Gasteiger partial charge on any atom is -0.370 e. The molecule has 94 valence electrons. The summed E-state index contributed by atoms with van der Waals surface area (Å²) in [4.78, 5) is 9.02. The van der Waals surface area contributed by atoms with Crippen LogP contribution in [0.4, 0.5) is 5.82 Å². The standard InChI is InChI=1S/C12H19N3S2/c1-3-13-10-8-11(15-12(14-10)16-2)17-9-6-4-5-7-9/h8-9H,3-7H2,1-2H3,(H,13,14,15). The van der Waals surface area contributed by atoms with Crippen molar-refractivity contribution in [1.82, 2.24) is 9.97 Å². The molecule has 1 aliphatic carbocycles. The van der Waals surface area contributed by atoms with Gasteiger partial charge in [-0.1, -0.05) is 24.6 Å². The number of anilines is 1. The van der Waals surface area contributed by atoms with E-state index in [1.807, 2.05) is 18.0 Å². The fraction of sp³-hybridized carbons (Fsp3) is 0.667. The fourth-order valence-electron chi connectivity index (χ4n) is 2.00. The highest BCUT2D eigenvalue weighted by atomic mass is 32.2. The summed E-state index contributed by atoms with van der Waals surface area (Å²) in [5.74, 6) is 0.951. The molecular weight excluding hydrogens is 250 g/mol. The molecule has 1 saturated carbocycles. The van der Waals surface area contributed by atoms with Gasteiger partial charge in [0.05, 0.1) is 0 Å². The van der Waals surface area contributed by atoms with Crippen molar-refractivity contribution in [2.45, 2.75) is 48.0 Å². The average molecular weight is 269 g/mol. The molecule has 1 heterocycles. The van der Waals surface area contributed by atoms with Gasteiger partial charge in [-0.2, -0.15) is 0 Å². The first kappa shape index (κ1) is 13.0. The number of thioether (sulfide) groups is 2. The summed E-state index contributed by atoms with van der Waals surface area (Å²) in [7, 11) is 0. The number of aromatic nitrogens is 2. The third-order valence-electron chi connectivity index (χ3n) is 2.81. The second kappa shape index (κ2) is 6.50. The molecule has 0 radical (unpaired) electrons. The van der Waals surface area contributed by atoms with Gasteiger partial charge >= 0.3 is 0 Å². The van der Waals surface area contributed by atoms with Gasteiger partial charge in [0.15, 0.2) is 5.16 Å². The van der Waals surface area contributed by atoms with Crippen molar-refractivity contribution >= 4 is 29.3 Å². The molecule has 0 aliphatic heterocycles. The summed E-state index contributed by atoms with van der Waals surface area (Å²) in [5.41, 5.74) is 0. The molecule has 0 unspecified atom stereocenters. The third kappa shape index (κ3) is 3.78. The van der Waals surface area contributed by atoms with Crippen LogP contribution in [0.5, 0.6) is 0 Å². The van der Waals surface area contributed by atoms with Crippen LogP contribution in [-0.2, 0) is 0 Å². The van der Waals surface area contributed by atoms with E-state index >= 15 is 0 Å². The molecule has 0 aromatic carbocycles. The van der Waals surface area contributed by atoms with E-state index in [1.165, 1.54) is 25.7 Å². The lowest BCUT2D eigenvalue weighted by atomic mass is 10.4. The molecule has 1 aromatic rings. The van der Waals surface area contributed by atoms with Crippen molar-refractivity contribution < 1.29 is 0 Å². The highest BCUT2D eigenvalue weighted by Gasteiger charge is 2.17. The first-order valence-corrected chi connectivity index (χ1v) is 8.26.